The third-order valence-electron chi connectivity index (χ3n) is 16.5. The lowest BCUT2D eigenvalue weighted by molar-refractivity contribution is 1.10. The van der Waals surface area contributed by atoms with Crippen molar-refractivity contribution in [3.05, 3.63) is 206 Å². The van der Waals surface area contributed by atoms with E-state index in [2.05, 4.69) is 220 Å². The van der Waals surface area contributed by atoms with E-state index in [1.54, 1.807) is 0 Å². The number of hydrogen-bond acceptors (Lipinski definition) is 0. The van der Waals surface area contributed by atoms with Gasteiger partial charge in [-0.1, -0.05) is 170 Å². The first-order valence-corrected chi connectivity index (χ1v) is 23.9. The normalized spacial score (nSPS) is 13.3. The maximum Gasteiger partial charge on any atom is 0.252 e. The van der Waals surface area contributed by atoms with Gasteiger partial charge in [0.2, 0.25) is 0 Å². The number of para-hydroxylation sites is 1. The maximum atomic E-state index is 2.68. The molecule has 0 bridgehead atoms. The molecule has 5 heterocycles. The summed E-state index contributed by atoms with van der Waals surface area (Å²) in [5.41, 5.74) is 20.5. The molecule has 0 radical (unpaired) electrons. The standard InChI is InChI=1S/C64H34BN3/c1-4-16-40-35(12-1)26-29-51-57(40)47-23-10-24-48-63(47)67(51)54-33-39(66-52-30-27-36-13-2-5-17-41(36)58(52)59-42-18-6-3-14-37(42)28-31-53(59)66)34-55-62(54)65(48)49-32-38-15-9-21-45-43-19-7-8-20-44(43)46-22-11-25-50-60(46)61(56(38)45)64(49)68(50)55/h1-34H. The van der Waals surface area contributed by atoms with Gasteiger partial charge in [-0.3, -0.25) is 0 Å². The van der Waals surface area contributed by atoms with Crippen molar-refractivity contribution in [3.63, 3.8) is 0 Å². The molecule has 0 saturated heterocycles. The minimum atomic E-state index is 0.00538. The lowest BCUT2D eigenvalue weighted by Crippen LogP contribution is -2.59. The fourth-order valence-corrected chi connectivity index (χ4v) is 14.0. The Bertz CT molecular complexity index is 4830. The first-order valence-electron chi connectivity index (χ1n) is 23.9. The molecule has 0 saturated carbocycles. The van der Waals surface area contributed by atoms with Crippen LogP contribution in [0.5, 0.6) is 0 Å². The van der Waals surface area contributed by atoms with Crippen molar-refractivity contribution < 1.29 is 0 Å². The maximum absolute atomic E-state index is 2.68. The Morgan fingerprint density at radius 3 is 1.43 bits per heavy atom. The number of rotatable bonds is 1. The third kappa shape index (κ3) is 3.86. The van der Waals surface area contributed by atoms with Crippen molar-refractivity contribution >= 4 is 132 Å². The molecule has 0 spiro atoms. The molecule has 0 fully saturated rings. The highest BCUT2D eigenvalue weighted by atomic mass is 15.1. The van der Waals surface area contributed by atoms with Crippen molar-refractivity contribution in [2.75, 3.05) is 0 Å². The lowest BCUT2D eigenvalue weighted by Gasteiger charge is -2.34. The predicted molar refractivity (Wildman–Crippen MR) is 289 cm³/mol. The molecular weight excluding hydrogens is 822 g/mol. The zero-order chi connectivity index (χ0) is 43.7. The van der Waals surface area contributed by atoms with Gasteiger partial charge in [0.25, 0.3) is 6.71 Å². The van der Waals surface area contributed by atoms with Gasteiger partial charge in [-0.15, -0.1) is 0 Å². The van der Waals surface area contributed by atoms with Crippen LogP contribution in [-0.4, -0.2) is 20.4 Å². The van der Waals surface area contributed by atoms with Crippen LogP contribution in [0.2, 0.25) is 0 Å². The van der Waals surface area contributed by atoms with Gasteiger partial charge < -0.3 is 13.7 Å². The lowest BCUT2D eigenvalue weighted by atomic mass is 9.34. The molecule has 0 amide bonds. The molecule has 2 aliphatic heterocycles. The second kappa shape index (κ2) is 11.7. The minimum absolute atomic E-state index is 0.00538. The summed E-state index contributed by atoms with van der Waals surface area (Å²) in [5, 5.41) is 18.2. The van der Waals surface area contributed by atoms with Crippen LogP contribution in [0.15, 0.2) is 206 Å². The zero-order valence-electron chi connectivity index (χ0n) is 36.5. The van der Waals surface area contributed by atoms with Crippen molar-refractivity contribution in [1.29, 1.82) is 0 Å². The fourth-order valence-electron chi connectivity index (χ4n) is 14.0. The largest absolute Gasteiger partial charge is 0.310 e. The summed E-state index contributed by atoms with van der Waals surface area (Å²) in [7, 11) is 0. The molecule has 1 aliphatic carbocycles. The van der Waals surface area contributed by atoms with Crippen LogP contribution >= 0.6 is 0 Å². The van der Waals surface area contributed by atoms with E-state index in [0.717, 1.165) is 5.69 Å². The molecule has 308 valence electrons. The van der Waals surface area contributed by atoms with Crippen LogP contribution < -0.4 is 16.4 Å². The molecule has 15 aromatic rings. The molecule has 68 heavy (non-hydrogen) atoms. The van der Waals surface area contributed by atoms with Gasteiger partial charge in [-0.25, -0.2) is 0 Å². The van der Waals surface area contributed by atoms with E-state index in [0.29, 0.717) is 0 Å². The first-order chi connectivity index (χ1) is 33.8. The number of aromatic nitrogens is 3. The van der Waals surface area contributed by atoms with Crippen molar-refractivity contribution in [2.24, 2.45) is 0 Å². The molecular formula is C64H34BN3. The van der Waals surface area contributed by atoms with Gasteiger partial charge in [-0.05, 0) is 118 Å². The highest BCUT2D eigenvalue weighted by molar-refractivity contribution is 7.00. The highest BCUT2D eigenvalue weighted by Gasteiger charge is 2.43. The topological polar surface area (TPSA) is 14.8 Å². The van der Waals surface area contributed by atoms with Gasteiger partial charge in [0.1, 0.15) is 0 Å². The highest BCUT2D eigenvalue weighted by Crippen LogP contribution is 2.51. The smallest absolute Gasteiger partial charge is 0.252 e. The molecule has 0 unspecified atom stereocenters. The van der Waals surface area contributed by atoms with Crippen LogP contribution in [0.1, 0.15) is 0 Å². The van der Waals surface area contributed by atoms with Crippen LogP contribution in [0.3, 0.4) is 0 Å². The Morgan fingerprint density at radius 2 is 0.765 bits per heavy atom. The predicted octanol–water partition coefficient (Wildman–Crippen LogP) is 14.4. The van der Waals surface area contributed by atoms with Crippen molar-refractivity contribution in [3.8, 4) is 39.3 Å². The average molecular weight is 856 g/mol. The Balaban J connectivity index is 1.09. The van der Waals surface area contributed by atoms with Gasteiger partial charge in [0, 0.05) is 49.2 Å². The van der Waals surface area contributed by atoms with Crippen LogP contribution in [0, 0.1) is 0 Å². The Kier molecular flexibility index (Phi) is 5.96. The van der Waals surface area contributed by atoms with E-state index in [-0.39, 0.29) is 6.71 Å². The SMILES string of the molecule is c1ccc2c(c1)-c1cccc3cc4c5c(c13)c1c-2cccc1n5-c1cc(-n2c3ccc5ccccc5c3c3c5ccccc5ccc32)cc2c1B4c1cccc3c4c5ccccc5ccc4n-2c13. The fraction of sp³-hybridized carbons (Fsp3) is 0. The zero-order valence-corrected chi connectivity index (χ0v) is 36.5. The third-order valence-corrected chi connectivity index (χ3v) is 16.5. The monoisotopic (exact) mass is 855 g/mol. The Morgan fingerprint density at radius 1 is 0.279 bits per heavy atom. The van der Waals surface area contributed by atoms with Crippen molar-refractivity contribution in [1.82, 2.24) is 13.7 Å². The second-order valence-corrected chi connectivity index (χ2v) is 19.5. The van der Waals surface area contributed by atoms with Crippen LogP contribution in [-0.2, 0) is 0 Å². The second-order valence-electron chi connectivity index (χ2n) is 19.5. The van der Waals surface area contributed by atoms with Gasteiger partial charge in [0.05, 0.1) is 33.3 Å². The number of benzene rings is 12. The number of fused-ring (bicyclic) bond motifs is 20. The molecule has 4 heteroatoms. The van der Waals surface area contributed by atoms with E-state index in [9.17, 15) is 0 Å². The summed E-state index contributed by atoms with van der Waals surface area (Å²) in [4.78, 5) is 0. The Hall–Kier alpha value is -8.86. The van der Waals surface area contributed by atoms with E-state index in [4.69, 9.17) is 0 Å². The van der Waals surface area contributed by atoms with E-state index < -0.39 is 0 Å². The van der Waals surface area contributed by atoms with Crippen molar-refractivity contribution in [2.45, 2.75) is 0 Å². The number of nitrogens with zero attached hydrogens (tertiary/aromatic N) is 3. The Labute approximate surface area is 389 Å². The average Bonchev–Trinajstić information content (AvgIpc) is 4.03. The summed E-state index contributed by atoms with van der Waals surface area (Å²) in [6.07, 6.45) is 0. The molecule has 3 nitrogen and oxygen atoms in total. The molecule has 3 aliphatic rings. The molecule has 0 atom stereocenters. The molecule has 18 rings (SSSR count). The molecule has 3 aromatic heterocycles. The quantitative estimate of drug-likeness (QED) is 0.146. The summed E-state index contributed by atoms with van der Waals surface area (Å²) < 4.78 is 7.90. The van der Waals surface area contributed by atoms with E-state index in [1.165, 1.54) is 159 Å². The summed E-state index contributed by atoms with van der Waals surface area (Å²) in [6, 6.07) is 78.7. The van der Waals surface area contributed by atoms with Gasteiger partial charge in [0.15, 0.2) is 0 Å². The number of hydrogen-bond donors (Lipinski definition) is 0. The first kappa shape index (κ1) is 34.5. The molecule has 0 N–H and O–H groups in total. The molecule has 12 aromatic carbocycles. The minimum Gasteiger partial charge on any atom is -0.310 e. The van der Waals surface area contributed by atoms with E-state index >= 15 is 0 Å². The van der Waals surface area contributed by atoms with Crippen LogP contribution in [0.4, 0.5) is 0 Å². The summed E-state index contributed by atoms with van der Waals surface area (Å²) in [6.45, 7) is 0.00538. The summed E-state index contributed by atoms with van der Waals surface area (Å²) in [5.74, 6) is 0. The van der Waals surface area contributed by atoms with Crippen LogP contribution in [0.25, 0.3) is 148 Å². The van der Waals surface area contributed by atoms with Gasteiger partial charge in [-0.2, -0.15) is 0 Å². The summed E-state index contributed by atoms with van der Waals surface area (Å²) >= 11 is 0. The van der Waals surface area contributed by atoms with Gasteiger partial charge >= 0.3 is 0 Å². The van der Waals surface area contributed by atoms with E-state index in [1.807, 2.05) is 0 Å².